The fourth-order valence-electron chi connectivity index (χ4n) is 2.91. The number of methoxy groups -OCH3 is 1. The Kier molecular flexibility index (Phi) is 6.42. The molecule has 1 fully saturated rings. The molecule has 2 rings (SSSR count). The maximum absolute atomic E-state index is 11.8. The Labute approximate surface area is 138 Å². The van der Waals surface area contributed by atoms with E-state index in [0.29, 0.717) is 6.54 Å². The second kappa shape index (κ2) is 8.31. The fraction of sp³-hybridized carbons (Fsp3) is 0.611. The summed E-state index contributed by atoms with van der Waals surface area (Å²) in [5.41, 5.74) is 0.859. The first-order valence-electron chi connectivity index (χ1n) is 8.34. The average molecular weight is 320 g/mol. The molecule has 1 aliphatic rings. The number of ether oxygens (including phenoxy) is 1. The van der Waals surface area contributed by atoms with Crippen LogP contribution in [0.5, 0.6) is 5.75 Å². The molecule has 23 heavy (non-hydrogen) atoms. The zero-order chi connectivity index (χ0) is 16.8. The number of piperidine rings is 1. The molecule has 0 aromatic heterocycles. The van der Waals surface area contributed by atoms with Crippen molar-refractivity contribution in [1.29, 1.82) is 0 Å². The summed E-state index contributed by atoms with van der Waals surface area (Å²) in [5.74, 6) is 0.861. The summed E-state index contributed by atoms with van der Waals surface area (Å²) in [6.45, 7) is 6.13. The molecular formula is C18H28N2O3. The molecule has 2 N–H and O–H groups in total. The number of likely N-dealkylation sites (tertiary alicyclic amines) is 1. The maximum Gasteiger partial charge on any atom is 0.222 e. The van der Waals surface area contributed by atoms with E-state index in [1.165, 1.54) is 0 Å². The van der Waals surface area contributed by atoms with E-state index < -0.39 is 6.10 Å². The summed E-state index contributed by atoms with van der Waals surface area (Å²) in [4.78, 5) is 14.1. The minimum absolute atomic E-state index is 0.00718. The highest BCUT2D eigenvalue weighted by atomic mass is 16.5. The highest BCUT2D eigenvalue weighted by Crippen LogP contribution is 2.21. The van der Waals surface area contributed by atoms with Crippen molar-refractivity contribution in [1.82, 2.24) is 10.2 Å². The van der Waals surface area contributed by atoms with Crippen LogP contribution >= 0.6 is 0 Å². The van der Waals surface area contributed by atoms with Crippen LogP contribution in [0.15, 0.2) is 24.3 Å². The van der Waals surface area contributed by atoms with Crippen molar-refractivity contribution in [2.45, 2.75) is 38.8 Å². The van der Waals surface area contributed by atoms with Crippen molar-refractivity contribution in [3.8, 4) is 5.75 Å². The van der Waals surface area contributed by atoms with Gasteiger partial charge in [0, 0.05) is 25.0 Å². The van der Waals surface area contributed by atoms with Gasteiger partial charge >= 0.3 is 0 Å². The molecule has 0 saturated carbocycles. The van der Waals surface area contributed by atoms with Crippen LogP contribution < -0.4 is 10.1 Å². The Balaban J connectivity index is 1.90. The number of amides is 1. The number of hydrogen-bond acceptors (Lipinski definition) is 4. The largest absolute Gasteiger partial charge is 0.497 e. The summed E-state index contributed by atoms with van der Waals surface area (Å²) in [6.07, 6.45) is 1.49. The van der Waals surface area contributed by atoms with Crippen LogP contribution in [-0.2, 0) is 4.79 Å². The van der Waals surface area contributed by atoms with Crippen LogP contribution in [-0.4, -0.2) is 48.7 Å². The highest BCUT2D eigenvalue weighted by molar-refractivity contribution is 5.78. The van der Waals surface area contributed by atoms with E-state index in [2.05, 4.69) is 10.2 Å². The Morgan fingerprint density at radius 1 is 1.48 bits per heavy atom. The van der Waals surface area contributed by atoms with Crippen molar-refractivity contribution in [2.75, 3.05) is 26.7 Å². The molecule has 1 aliphatic heterocycles. The third-order valence-corrected chi connectivity index (χ3v) is 4.29. The number of benzene rings is 1. The van der Waals surface area contributed by atoms with Crippen molar-refractivity contribution in [3.63, 3.8) is 0 Å². The normalized spacial score (nSPS) is 20.3. The van der Waals surface area contributed by atoms with Crippen molar-refractivity contribution in [2.24, 2.45) is 5.92 Å². The highest BCUT2D eigenvalue weighted by Gasteiger charge is 2.24. The predicted molar refractivity (Wildman–Crippen MR) is 90.4 cm³/mol. The SMILES string of the molecule is COc1cccc([C@@H](O)CN2CCC[C@@H](NC(=O)C(C)C)C2)c1. The summed E-state index contributed by atoms with van der Waals surface area (Å²) in [6, 6.07) is 7.71. The van der Waals surface area contributed by atoms with Crippen molar-refractivity contribution < 1.29 is 14.6 Å². The van der Waals surface area contributed by atoms with Gasteiger partial charge in [-0.05, 0) is 37.1 Å². The zero-order valence-corrected chi connectivity index (χ0v) is 14.3. The topological polar surface area (TPSA) is 61.8 Å². The first-order chi connectivity index (χ1) is 11.0. The molecule has 5 heteroatoms. The van der Waals surface area contributed by atoms with Gasteiger partial charge in [0.2, 0.25) is 5.91 Å². The Bertz CT molecular complexity index is 519. The number of β-amino-alcohol motifs (C(OH)–C–C–N with tert-alkyl or cyclic N) is 1. The summed E-state index contributed by atoms with van der Waals surface area (Å²) < 4.78 is 5.21. The number of carbonyl (C=O) groups is 1. The van der Waals surface area contributed by atoms with E-state index in [4.69, 9.17) is 4.74 Å². The van der Waals surface area contributed by atoms with Crippen LogP contribution in [0.25, 0.3) is 0 Å². The summed E-state index contributed by atoms with van der Waals surface area (Å²) in [5, 5.41) is 13.6. The number of aliphatic hydroxyl groups is 1. The number of aliphatic hydroxyl groups excluding tert-OH is 1. The molecule has 0 bridgehead atoms. The minimum Gasteiger partial charge on any atom is -0.497 e. The van der Waals surface area contributed by atoms with E-state index in [1.807, 2.05) is 38.1 Å². The minimum atomic E-state index is -0.551. The third-order valence-electron chi connectivity index (χ3n) is 4.29. The monoisotopic (exact) mass is 320 g/mol. The molecule has 2 atom stereocenters. The molecule has 0 spiro atoms. The molecule has 5 nitrogen and oxygen atoms in total. The summed E-state index contributed by atoms with van der Waals surface area (Å²) >= 11 is 0. The number of nitrogens with one attached hydrogen (secondary N) is 1. The van der Waals surface area contributed by atoms with Gasteiger partial charge in [0.25, 0.3) is 0 Å². The van der Waals surface area contributed by atoms with Gasteiger partial charge in [0.15, 0.2) is 0 Å². The van der Waals surface area contributed by atoms with Gasteiger partial charge in [-0.3, -0.25) is 9.69 Å². The van der Waals surface area contributed by atoms with E-state index >= 15 is 0 Å². The quantitative estimate of drug-likeness (QED) is 0.841. The molecule has 0 aliphatic carbocycles. The molecule has 1 saturated heterocycles. The van der Waals surface area contributed by atoms with E-state index in [0.717, 1.165) is 37.2 Å². The van der Waals surface area contributed by atoms with Gasteiger partial charge in [-0.2, -0.15) is 0 Å². The van der Waals surface area contributed by atoms with Crippen LogP contribution in [0.4, 0.5) is 0 Å². The van der Waals surface area contributed by atoms with E-state index in [9.17, 15) is 9.90 Å². The van der Waals surface area contributed by atoms with Gasteiger partial charge in [0.1, 0.15) is 5.75 Å². The lowest BCUT2D eigenvalue weighted by molar-refractivity contribution is -0.125. The van der Waals surface area contributed by atoms with Crippen LogP contribution in [0, 0.1) is 5.92 Å². The average Bonchev–Trinajstić information content (AvgIpc) is 2.55. The first kappa shape index (κ1) is 17.8. The second-order valence-corrected chi connectivity index (χ2v) is 6.55. The van der Waals surface area contributed by atoms with Gasteiger partial charge in [-0.1, -0.05) is 26.0 Å². The van der Waals surface area contributed by atoms with E-state index in [-0.39, 0.29) is 17.9 Å². The lowest BCUT2D eigenvalue weighted by Gasteiger charge is -2.34. The van der Waals surface area contributed by atoms with Crippen LogP contribution in [0.1, 0.15) is 38.4 Å². The third kappa shape index (κ3) is 5.22. The molecular weight excluding hydrogens is 292 g/mol. The zero-order valence-electron chi connectivity index (χ0n) is 14.3. The number of hydrogen-bond donors (Lipinski definition) is 2. The molecule has 128 valence electrons. The van der Waals surface area contributed by atoms with Crippen LogP contribution in [0.2, 0.25) is 0 Å². The molecule has 0 unspecified atom stereocenters. The van der Waals surface area contributed by atoms with Crippen molar-refractivity contribution >= 4 is 5.91 Å². The number of rotatable bonds is 6. The molecule has 1 heterocycles. The lowest BCUT2D eigenvalue weighted by atomic mass is 10.0. The predicted octanol–water partition coefficient (Wildman–Crippen LogP) is 1.97. The van der Waals surface area contributed by atoms with Crippen molar-refractivity contribution in [3.05, 3.63) is 29.8 Å². The van der Waals surface area contributed by atoms with Crippen LogP contribution in [0.3, 0.4) is 0 Å². The standard InChI is InChI=1S/C18H28N2O3/c1-13(2)18(22)19-15-7-5-9-20(11-15)12-17(21)14-6-4-8-16(10-14)23-3/h4,6,8,10,13,15,17,21H,5,7,9,11-12H2,1-3H3,(H,19,22)/t15-,17+/m1/s1. The number of carbonyl (C=O) groups excluding carboxylic acids is 1. The molecule has 1 aromatic rings. The molecule has 1 aromatic carbocycles. The van der Waals surface area contributed by atoms with Gasteiger partial charge < -0.3 is 15.2 Å². The Morgan fingerprint density at radius 2 is 2.26 bits per heavy atom. The first-order valence-corrected chi connectivity index (χ1v) is 8.34. The molecule has 0 radical (unpaired) electrons. The summed E-state index contributed by atoms with van der Waals surface area (Å²) in [7, 11) is 1.62. The second-order valence-electron chi connectivity index (χ2n) is 6.55. The Morgan fingerprint density at radius 3 is 2.96 bits per heavy atom. The van der Waals surface area contributed by atoms with Gasteiger partial charge in [-0.15, -0.1) is 0 Å². The molecule has 1 amide bonds. The maximum atomic E-state index is 11.8. The lowest BCUT2D eigenvalue weighted by Crippen LogP contribution is -2.49. The fourth-order valence-corrected chi connectivity index (χ4v) is 2.91. The Hall–Kier alpha value is -1.59. The van der Waals surface area contributed by atoms with E-state index in [1.54, 1.807) is 7.11 Å². The van der Waals surface area contributed by atoms with Gasteiger partial charge in [-0.25, -0.2) is 0 Å². The number of nitrogens with zero attached hydrogens (tertiary/aromatic N) is 1. The van der Waals surface area contributed by atoms with Gasteiger partial charge in [0.05, 0.1) is 13.2 Å². The smallest absolute Gasteiger partial charge is 0.222 e.